The van der Waals surface area contributed by atoms with E-state index in [1.54, 1.807) is 17.0 Å². The summed E-state index contributed by atoms with van der Waals surface area (Å²) in [5.41, 5.74) is 2.49. The first-order chi connectivity index (χ1) is 11.1. The lowest BCUT2D eigenvalue weighted by Gasteiger charge is -2.18. The van der Waals surface area contributed by atoms with Gasteiger partial charge in [-0.15, -0.1) is 0 Å². The van der Waals surface area contributed by atoms with Gasteiger partial charge in [-0.3, -0.25) is 14.7 Å². The number of carbonyl (C=O) groups excluding carboxylic acids is 1. The second kappa shape index (κ2) is 6.96. The van der Waals surface area contributed by atoms with Gasteiger partial charge in [0, 0.05) is 12.3 Å². The maximum atomic E-state index is 13.8. The summed E-state index contributed by atoms with van der Waals surface area (Å²) in [4.78, 5) is 18.5. The molecule has 2 aromatic carbocycles. The predicted molar refractivity (Wildman–Crippen MR) is 92.2 cm³/mol. The van der Waals surface area contributed by atoms with Crippen LogP contribution in [0.4, 0.5) is 4.39 Å². The highest BCUT2D eigenvalue weighted by Gasteiger charge is 2.26. The Labute approximate surface area is 139 Å². The number of thioether (sulfide) groups is 1. The highest BCUT2D eigenvalue weighted by molar-refractivity contribution is 8.13. The Bertz CT molecular complexity index is 743. The molecule has 118 valence electrons. The minimum absolute atomic E-state index is 0.0954. The lowest BCUT2D eigenvalue weighted by molar-refractivity contribution is 0.0856. The number of hydrogen-bond acceptors (Lipinski definition) is 3. The third kappa shape index (κ3) is 3.62. The van der Waals surface area contributed by atoms with Gasteiger partial charge in [-0.25, -0.2) is 4.39 Å². The van der Waals surface area contributed by atoms with Gasteiger partial charge >= 0.3 is 0 Å². The molecule has 0 fully saturated rings. The first-order valence-corrected chi connectivity index (χ1v) is 8.43. The third-order valence-electron chi connectivity index (χ3n) is 3.64. The maximum Gasteiger partial charge on any atom is 0.262 e. The molecule has 5 heteroatoms. The van der Waals surface area contributed by atoms with Crippen molar-refractivity contribution >= 4 is 22.8 Å². The van der Waals surface area contributed by atoms with Crippen molar-refractivity contribution in [2.24, 2.45) is 4.99 Å². The van der Waals surface area contributed by atoms with Crippen LogP contribution in [0.1, 0.15) is 21.5 Å². The molecular formula is C18H17FN2OS. The molecule has 3 nitrogen and oxygen atoms in total. The molecule has 0 atom stereocenters. The van der Waals surface area contributed by atoms with Crippen LogP contribution in [-0.2, 0) is 5.75 Å². The molecule has 2 aromatic rings. The number of carbonyl (C=O) groups is 1. The SMILES string of the molecule is Cc1ccc(CSC2=NCCN2C(=O)c2ccccc2F)cc1. The van der Waals surface area contributed by atoms with E-state index in [-0.39, 0.29) is 11.5 Å². The zero-order valence-corrected chi connectivity index (χ0v) is 13.6. The highest BCUT2D eigenvalue weighted by Crippen LogP contribution is 2.22. The van der Waals surface area contributed by atoms with Crippen molar-refractivity contribution in [2.75, 3.05) is 13.1 Å². The van der Waals surface area contributed by atoms with E-state index in [2.05, 4.69) is 29.3 Å². The van der Waals surface area contributed by atoms with Crippen LogP contribution in [0, 0.1) is 12.7 Å². The van der Waals surface area contributed by atoms with E-state index in [1.807, 2.05) is 6.92 Å². The molecule has 0 saturated carbocycles. The summed E-state index contributed by atoms with van der Waals surface area (Å²) in [5, 5.41) is 0.666. The smallest absolute Gasteiger partial charge is 0.262 e. The molecule has 1 aliphatic heterocycles. The van der Waals surface area contributed by atoms with Crippen LogP contribution in [0.15, 0.2) is 53.5 Å². The zero-order valence-electron chi connectivity index (χ0n) is 12.8. The zero-order chi connectivity index (χ0) is 16.2. The summed E-state index contributed by atoms with van der Waals surface area (Å²) in [6.45, 7) is 3.12. The van der Waals surface area contributed by atoms with Crippen LogP contribution in [0.2, 0.25) is 0 Å². The third-order valence-corrected chi connectivity index (χ3v) is 4.72. The number of nitrogens with zero attached hydrogens (tertiary/aromatic N) is 2. The van der Waals surface area contributed by atoms with E-state index in [4.69, 9.17) is 0 Å². The van der Waals surface area contributed by atoms with Crippen molar-refractivity contribution in [3.05, 3.63) is 71.0 Å². The van der Waals surface area contributed by atoms with E-state index in [0.29, 0.717) is 18.3 Å². The molecule has 0 aliphatic carbocycles. The number of benzene rings is 2. The summed E-state index contributed by atoms with van der Waals surface area (Å²) >= 11 is 1.51. The van der Waals surface area contributed by atoms with E-state index in [1.165, 1.54) is 35.0 Å². The topological polar surface area (TPSA) is 32.7 Å². The first-order valence-electron chi connectivity index (χ1n) is 7.44. The number of rotatable bonds is 3. The Hall–Kier alpha value is -2.14. The number of aliphatic imine (C=N–C) groups is 1. The summed E-state index contributed by atoms with van der Waals surface area (Å²) in [6, 6.07) is 14.3. The number of amidine groups is 1. The average Bonchev–Trinajstić information content (AvgIpc) is 3.03. The van der Waals surface area contributed by atoms with E-state index >= 15 is 0 Å². The summed E-state index contributed by atoms with van der Waals surface area (Å²) in [5.74, 6) is -0.0804. The number of halogens is 1. The van der Waals surface area contributed by atoms with Crippen molar-refractivity contribution in [2.45, 2.75) is 12.7 Å². The fourth-order valence-corrected chi connectivity index (χ4v) is 3.35. The molecule has 1 heterocycles. The lowest BCUT2D eigenvalue weighted by atomic mass is 10.2. The fraction of sp³-hybridized carbons (Fsp3) is 0.222. The van der Waals surface area contributed by atoms with Crippen molar-refractivity contribution in [3.8, 4) is 0 Å². The molecule has 0 N–H and O–H groups in total. The molecule has 0 aromatic heterocycles. The van der Waals surface area contributed by atoms with Crippen molar-refractivity contribution in [1.29, 1.82) is 0 Å². The predicted octanol–water partition coefficient (Wildman–Crippen LogP) is 3.88. The Kier molecular flexibility index (Phi) is 4.76. The van der Waals surface area contributed by atoms with Gasteiger partial charge in [0.2, 0.25) is 0 Å². The first kappa shape index (κ1) is 15.7. The van der Waals surface area contributed by atoms with Gasteiger partial charge in [-0.05, 0) is 24.6 Å². The van der Waals surface area contributed by atoms with Gasteiger partial charge in [-0.2, -0.15) is 0 Å². The quantitative estimate of drug-likeness (QED) is 0.856. The highest BCUT2D eigenvalue weighted by atomic mass is 32.2. The second-order valence-electron chi connectivity index (χ2n) is 5.38. The second-order valence-corrected chi connectivity index (χ2v) is 6.32. The largest absolute Gasteiger partial charge is 0.285 e. The van der Waals surface area contributed by atoms with Gasteiger partial charge < -0.3 is 0 Å². The van der Waals surface area contributed by atoms with Gasteiger partial charge in [0.05, 0.1) is 12.1 Å². The molecule has 1 aliphatic rings. The molecular weight excluding hydrogens is 311 g/mol. The van der Waals surface area contributed by atoms with Gasteiger partial charge in [-0.1, -0.05) is 53.7 Å². The summed E-state index contributed by atoms with van der Waals surface area (Å²) < 4.78 is 13.8. The van der Waals surface area contributed by atoms with Crippen LogP contribution in [0.3, 0.4) is 0 Å². The van der Waals surface area contributed by atoms with Crippen molar-refractivity contribution in [1.82, 2.24) is 4.90 Å². The Morgan fingerprint density at radius 1 is 1.22 bits per heavy atom. The Morgan fingerprint density at radius 3 is 2.70 bits per heavy atom. The Morgan fingerprint density at radius 2 is 1.96 bits per heavy atom. The minimum atomic E-state index is -0.493. The Balaban J connectivity index is 1.69. The number of hydrogen-bond donors (Lipinski definition) is 0. The van der Waals surface area contributed by atoms with Crippen LogP contribution >= 0.6 is 11.8 Å². The van der Waals surface area contributed by atoms with Gasteiger partial charge in [0.25, 0.3) is 5.91 Å². The molecule has 0 spiro atoms. The van der Waals surface area contributed by atoms with Crippen LogP contribution in [0.5, 0.6) is 0 Å². The van der Waals surface area contributed by atoms with Gasteiger partial charge in [0.15, 0.2) is 5.17 Å². The summed E-state index contributed by atoms with van der Waals surface area (Å²) in [7, 11) is 0. The molecule has 0 unspecified atom stereocenters. The monoisotopic (exact) mass is 328 g/mol. The maximum absolute atomic E-state index is 13.8. The van der Waals surface area contributed by atoms with E-state index in [9.17, 15) is 9.18 Å². The van der Waals surface area contributed by atoms with Gasteiger partial charge in [0.1, 0.15) is 5.82 Å². The standard InChI is InChI=1S/C18H17FN2OS/c1-13-6-8-14(9-7-13)12-23-18-20-10-11-21(18)17(22)15-4-2-3-5-16(15)19/h2-9H,10-12H2,1H3. The number of amides is 1. The summed E-state index contributed by atoms with van der Waals surface area (Å²) in [6.07, 6.45) is 0. The molecule has 0 saturated heterocycles. The number of aryl methyl sites for hydroxylation is 1. The van der Waals surface area contributed by atoms with E-state index in [0.717, 1.165) is 5.75 Å². The van der Waals surface area contributed by atoms with Crippen LogP contribution in [0.25, 0.3) is 0 Å². The van der Waals surface area contributed by atoms with Crippen molar-refractivity contribution in [3.63, 3.8) is 0 Å². The molecule has 3 rings (SSSR count). The fourth-order valence-electron chi connectivity index (χ4n) is 2.35. The van der Waals surface area contributed by atoms with Crippen molar-refractivity contribution < 1.29 is 9.18 Å². The normalized spacial score (nSPS) is 14.0. The molecule has 23 heavy (non-hydrogen) atoms. The molecule has 0 radical (unpaired) electrons. The van der Waals surface area contributed by atoms with Crippen LogP contribution < -0.4 is 0 Å². The molecule has 0 bridgehead atoms. The molecule has 1 amide bonds. The lowest BCUT2D eigenvalue weighted by Crippen LogP contribution is -2.33. The van der Waals surface area contributed by atoms with Crippen LogP contribution in [-0.4, -0.2) is 29.1 Å². The van der Waals surface area contributed by atoms with E-state index < -0.39 is 5.82 Å². The average molecular weight is 328 g/mol. The minimum Gasteiger partial charge on any atom is -0.285 e.